The molecular formula is C15H14N4O8S. The summed E-state index contributed by atoms with van der Waals surface area (Å²) in [5.41, 5.74) is -0.761. The number of benzene rings is 1. The van der Waals surface area contributed by atoms with Crippen LogP contribution in [0.2, 0.25) is 0 Å². The van der Waals surface area contributed by atoms with Crippen molar-refractivity contribution in [2.45, 2.75) is 11.8 Å². The largest absolute Gasteiger partial charge is 0.481 e. The normalized spacial score (nSPS) is 10.8. The van der Waals surface area contributed by atoms with Crippen LogP contribution in [0.3, 0.4) is 0 Å². The lowest BCUT2D eigenvalue weighted by Crippen LogP contribution is -2.35. The van der Waals surface area contributed by atoms with Gasteiger partial charge in [0.2, 0.25) is 11.8 Å². The number of rotatable bonds is 6. The van der Waals surface area contributed by atoms with Crippen LogP contribution in [-0.2, 0) is 10.0 Å². The number of nitrogens with zero attached hydrogens (tertiary/aromatic N) is 2. The van der Waals surface area contributed by atoms with E-state index in [1.165, 1.54) is 13.2 Å². The quantitative estimate of drug-likeness (QED) is 0.528. The fourth-order valence-electron chi connectivity index (χ4n) is 2.06. The number of methoxy groups -OCH3 is 1. The number of carboxylic acid groups (broad SMARTS) is 2. The van der Waals surface area contributed by atoms with Crippen molar-refractivity contribution in [2.24, 2.45) is 0 Å². The van der Waals surface area contributed by atoms with Crippen molar-refractivity contribution in [3.8, 4) is 5.88 Å². The first-order chi connectivity index (χ1) is 13.0. The number of aromatic carboxylic acids is 2. The number of aromatic nitrogens is 2. The van der Waals surface area contributed by atoms with Crippen molar-refractivity contribution in [3.63, 3.8) is 0 Å². The third-order valence-electron chi connectivity index (χ3n) is 3.24. The molecular weight excluding hydrogens is 396 g/mol. The topological polar surface area (TPSA) is 185 Å². The van der Waals surface area contributed by atoms with E-state index in [-0.39, 0.29) is 11.8 Å². The molecule has 2 rings (SSSR count). The molecule has 4 N–H and O–H groups in total. The summed E-state index contributed by atoms with van der Waals surface area (Å²) < 4.78 is 31.3. The van der Waals surface area contributed by atoms with E-state index >= 15 is 0 Å². The number of aryl methyl sites for hydroxylation is 1. The zero-order valence-corrected chi connectivity index (χ0v) is 15.3. The first-order valence-corrected chi connectivity index (χ1v) is 8.86. The number of carboxylic acids is 2. The summed E-state index contributed by atoms with van der Waals surface area (Å²) in [4.78, 5) is 41.1. The number of anilines is 1. The van der Waals surface area contributed by atoms with Gasteiger partial charge < -0.3 is 14.9 Å². The van der Waals surface area contributed by atoms with E-state index in [1.54, 1.807) is 11.6 Å². The third-order valence-corrected chi connectivity index (χ3v) is 4.61. The van der Waals surface area contributed by atoms with Gasteiger partial charge in [-0.25, -0.2) is 32.5 Å². The number of sulfonamides is 1. The number of amides is 2. The average Bonchev–Trinajstić information content (AvgIpc) is 2.59. The van der Waals surface area contributed by atoms with E-state index in [0.29, 0.717) is 11.8 Å². The molecule has 0 spiro atoms. The van der Waals surface area contributed by atoms with Crippen molar-refractivity contribution >= 4 is 33.9 Å². The fourth-order valence-corrected chi connectivity index (χ4v) is 3.19. The van der Waals surface area contributed by atoms with Gasteiger partial charge in [-0.2, -0.15) is 4.98 Å². The van der Waals surface area contributed by atoms with Crippen molar-refractivity contribution in [1.82, 2.24) is 14.7 Å². The van der Waals surface area contributed by atoms with Gasteiger partial charge in [-0.1, -0.05) is 0 Å². The maximum atomic E-state index is 12.4. The summed E-state index contributed by atoms with van der Waals surface area (Å²) in [6.07, 6.45) is 0. The van der Waals surface area contributed by atoms with Gasteiger partial charge in [0.1, 0.15) is 4.90 Å². The molecule has 0 aliphatic rings. The predicted octanol–water partition coefficient (Wildman–Crippen LogP) is 0.700. The highest BCUT2D eigenvalue weighted by atomic mass is 32.2. The molecule has 2 amide bonds. The number of carbonyl (C=O) groups is 3. The highest BCUT2D eigenvalue weighted by Crippen LogP contribution is 2.19. The lowest BCUT2D eigenvalue weighted by atomic mass is 10.1. The number of urea groups is 1. The molecule has 0 fully saturated rings. The van der Waals surface area contributed by atoms with Crippen LogP contribution < -0.4 is 14.8 Å². The second kappa shape index (κ2) is 7.87. The summed E-state index contributed by atoms with van der Waals surface area (Å²) in [6.45, 7) is 1.58. The van der Waals surface area contributed by atoms with Crippen LogP contribution in [0.5, 0.6) is 5.88 Å². The Hall–Kier alpha value is -3.74. The molecule has 148 valence electrons. The number of carbonyl (C=O) groups excluding carboxylic acids is 1. The first-order valence-electron chi connectivity index (χ1n) is 7.37. The van der Waals surface area contributed by atoms with E-state index in [4.69, 9.17) is 14.9 Å². The van der Waals surface area contributed by atoms with Crippen molar-refractivity contribution in [3.05, 3.63) is 41.1 Å². The Morgan fingerprint density at radius 2 is 1.75 bits per heavy atom. The van der Waals surface area contributed by atoms with Crippen LogP contribution in [0, 0.1) is 6.92 Å². The molecule has 0 saturated carbocycles. The van der Waals surface area contributed by atoms with Crippen LogP contribution in [0.25, 0.3) is 0 Å². The van der Waals surface area contributed by atoms with Crippen LogP contribution in [0.15, 0.2) is 29.2 Å². The molecule has 0 bridgehead atoms. The van der Waals surface area contributed by atoms with Crippen LogP contribution in [0.1, 0.15) is 26.4 Å². The number of ether oxygens (including phenoxy) is 1. The van der Waals surface area contributed by atoms with Gasteiger partial charge in [-0.3, -0.25) is 5.32 Å². The summed E-state index contributed by atoms with van der Waals surface area (Å²) in [6, 6.07) is 2.55. The molecule has 0 atom stereocenters. The van der Waals surface area contributed by atoms with Gasteiger partial charge in [0.25, 0.3) is 10.0 Å². The summed E-state index contributed by atoms with van der Waals surface area (Å²) in [5.74, 6) is -3.24. The van der Waals surface area contributed by atoms with Gasteiger partial charge in [0.05, 0.1) is 18.2 Å². The minimum absolute atomic E-state index is 0.118. The zero-order valence-electron chi connectivity index (χ0n) is 14.5. The molecule has 12 nitrogen and oxygen atoms in total. The Morgan fingerprint density at radius 1 is 1.07 bits per heavy atom. The molecule has 1 heterocycles. The number of nitrogens with one attached hydrogen (secondary N) is 2. The molecule has 0 radical (unpaired) electrons. The zero-order chi connectivity index (χ0) is 21.1. The van der Waals surface area contributed by atoms with E-state index < -0.39 is 44.0 Å². The maximum absolute atomic E-state index is 12.4. The summed E-state index contributed by atoms with van der Waals surface area (Å²) in [5, 5.41) is 20.2. The second-order valence-electron chi connectivity index (χ2n) is 5.26. The number of hydrogen-bond donors (Lipinski definition) is 4. The highest BCUT2D eigenvalue weighted by Gasteiger charge is 2.26. The molecule has 28 heavy (non-hydrogen) atoms. The van der Waals surface area contributed by atoms with Gasteiger partial charge in [-0.05, 0) is 25.1 Å². The van der Waals surface area contributed by atoms with Crippen LogP contribution >= 0.6 is 0 Å². The standard InChI is InChI=1S/C15H14N4O8S/c1-7-5-11(27-2)17-14(16-7)18-15(24)19-28(25,26)10-6-8(12(20)21)3-4-9(10)13(22)23/h3-6H,1-2H3,(H,20,21)(H,22,23)(H2,16,17,18,19,24). The van der Waals surface area contributed by atoms with Gasteiger partial charge >= 0.3 is 18.0 Å². The Kier molecular flexibility index (Phi) is 5.78. The highest BCUT2D eigenvalue weighted by molar-refractivity contribution is 7.90. The maximum Gasteiger partial charge on any atom is 0.337 e. The smallest absolute Gasteiger partial charge is 0.337 e. The van der Waals surface area contributed by atoms with Crippen LogP contribution in [0.4, 0.5) is 10.7 Å². The third kappa shape index (κ3) is 4.70. The van der Waals surface area contributed by atoms with Crippen molar-refractivity contribution in [2.75, 3.05) is 12.4 Å². The Balaban J connectivity index is 2.34. The van der Waals surface area contributed by atoms with E-state index in [0.717, 1.165) is 12.1 Å². The van der Waals surface area contributed by atoms with Crippen LogP contribution in [-0.4, -0.2) is 53.7 Å². The van der Waals surface area contributed by atoms with Gasteiger partial charge in [0, 0.05) is 11.8 Å². The average molecular weight is 410 g/mol. The molecule has 1 aromatic heterocycles. The summed E-state index contributed by atoms with van der Waals surface area (Å²) in [7, 11) is -3.40. The van der Waals surface area contributed by atoms with Crippen molar-refractivity contribution in [1.29, 1.82) is 0 Å². The van der Waals surface area contributed by atoms with Gasteiger partial charge in [0.15, 0.2) is 0 Å². The minimum Gasteiger partial charge on any atom is -0.481 e. The van der Waals surface area contributed by atoms with E-state index in [9.17, 15) is 22.8 Å². The lowest BCUT2D eigenvalue weighted by Gasteiger charge is -2.11. The second-order valence-corrected chi connectivity index (χ2v) is 6.91. The van der Waals surface area contributed by atoms with Crippen molar-refractivity contribution < 1.29 is 37.8 Å². The Bertz CT molecular complexity index is 1070. The van der Waals surface area contributed by atoms with Gasteiger partial charge in [-0.15, -0.1) is 0 Å². The molecule has 0 aliphatic carbocycles. The Morgan fingerprint density at radius 3 is 2.32 bits per heavy atom. The first kappa shape index (κ1) is 20.6. The van der Waals surface area contributed by atoms with E-state index in [2.05, 4.69) is 15.3 Å². The molecule has 13 heteroatoms. The molecule has 0 aliphatic heterocycles. The number of hydrogen-bond acceptors (Lipinski definition) is 8. The summed E-state index contributed by atoms with van der Waals surface area (Å²) >= 11 is 0. The molecule has 1 aromatic carbocycles. The fraction of sp³-hybridized carbons (Fsp3) is 0.133. The SMILES string of the molecule is COc1cc(C)nc(NC(=O)NS(=O)(=O)c2cc(C(=O)O)ccc2C(=O)O)n1. The molecule has 0 saturated heterocycles. The Labute approximate surface area is 158 Å². The lowest BCUT2D eigenvalue weighted by molar-refractivity contribution is 0.0678. The van der Waals surface area contributed by atoms with E-state index in [1.807, 2.05) is 0 Å². The minimum atomic E-state index is -4.73. The predicted molar refractivity (Wildman–Crippen MR) is 93.0 cm³/mol. The molecule has 0 unspecified atom stereocenters. The monoisotopic (exact) mass is 410 g/mol. The molecule has 2 aromatic rings.